The van der Waals surface area contributed by atoms with E-state index in [-0.39, 0.29) is 18.3 Å². The van der Waals surface area contributed by atoms with Crippen LogP contribution in [0.1, 0.15) is 19.3 Å². The van der Waals surface area contributed by atoms with Crippen LogP contribution in [0.5, 0.6) is 5.75 Å². The molecule has 1 saturated heterocycles. The molecule has 1 fully saturated rings. The average Bonchev–Trinajstić information content (AvgIpc) is 2.47. The second kappa shape index (κ2) is 6.95. The highest BCUT2D eigenvalue weighted by molar-refractivity contribution is 5.95. The molecule has 3 rings (SSSR count). The summed E-state index contributed by atoms with van der Waals surface area (Å²) in [7, 11) is 0. The van der Waals surface area contributed by atoms with Crippen LogP contribution < -0.4 is 15.0 Å². The molecule has 2 heterocycles. The van der Waals surface area contributed by atoms with E-state index in [9.17, 15) is 4.79 Å². The summed E-state index contributed by atoms with van der Waals surface area (Å²) < 4.78 is 5.59. The van der Waals surface area contributed by atoms with Crippen molar-refractivity contribution < 1.29 is 9.53 Å². The summed E-state index contributed by atoms with van der Waals surface area (Å²) >= 11 is 0. The number of rotatable bonds is 2. The first kappa shape index (κ1) is 15.1. The Morgan fingerprint density at radius 2 is 2.05 bits per heavy atom. The Hall–Kier alpha value is -1.26. The molecule has 0 radical (unpaired) electrons. The molecule has 0 saturated carbocycles. The lowest BCUT2D eigenvalue weighted by atomic mass is 9.94. The van der Waals surface area contributed by atoms with E-state index >= 15 is 0 Å². The van der Waals surface area contributed by atoms with Crippen LogP contribution in [0.2, 0.25) is 0 Å². The van der Waals surface area contributed by atoms with E-state index in [2.05, 4.69) is 5.32 Å². The van der Waals surface area contributed by atoms with E-state index in [1.165, 1.54) is 0 Å². The molecule has 0 unspecified atom stereocenters. The van der Waals surface area contributed by atoms with Crippen molar-refractivity contribution in [3.8, 4) is 5.75 Å². The maximum Gasteiger partial charge on any atom is 0.227 e. The Balaban J connectivity index is 0.00000147. The number of halogens is 1. The van der Waals surface area contributed by atoms with Crippen LogP contribution in [-0.2, 0) is 4.79 Å². The van der Waals surface area contributed by atoms with Crippen molar-refractivity contribution in [1.29, 1.82) is 0 Å². The van der Waals surface area contributed by atoms with Crippen molar-refractivity contribution in [1.82, 2.24) is 5.32 Å². The minimum atomic E-state index is 0. The molecule has 0 aliphatic carbocycles. The summed E-state index contributed by atoms with van der Waals surface area (Å²) in [6.45, 7) is 3.34. The van der Waals surface area contributed by atoms with Gasteiger partial charge in [0.1, 0.15) is 12.4 Å². The molecule has 20 heavy (non-hydrogen) atoms. The zero-order valence-corrected chi connectivity index (χ0v) is 12.3. The van der Waals surface area contributed by atoms with Crippen molar-refractivity contribution in [3.05, 3.63) is 24.3 Å². The van der Waals surface area contributed by atoms with Gasteiger partial charge in [0.2, 0.25) is 5.91 Å². The number of hydrogen-bond donors (Lipinski definition) is 1. The number of nitrogens with one attached hydrogen (secondary N) is 1. The first-order valence-corrected chi connectivity index (χ1v) is 7.07. The van der Waals surface area contributed by atoms with Crippen LogP contribution in [0.15, 0.2) is 24.3 Å². The van der Waals surface area contributed by atoms with Crippen LogP contribution >= 0.6 is 12.4 Å². The van der Waals surface area contributed by atoms with E-state index in [0.29, 0.717) is 25.5 Å². The minimum absolute atomic E-state index is 0. The summed E-state index contributed by atoms with van der Waals surface area (Å²) in [6.07, 6.45) is 2.88. The van der Waals surface area contributed by atoms with Crippen molar-refractivity contribution in [2.45, 2.75) is 19.3 Å². The molecular weight excluding hydrogens is 276 g/mol. The SMILES string of the molecule is Cl.O=C(CC1CCNCC1)N1CCOc2ccccc21. The number of piperidine rings is 1. The molecule has 0 spiro atoms. The number of benzene rings is 1. The van der Waals surface area contributed by atoms with Crippen molar-refractivity contribution in [2.75, 3.05) is 31.1 Å². The van der Waals surface area contributed by atoms with Gasteiger partial charge in [0, 0.05) is 6.42 Å². The zero-order chi connectivity index (χ0) is 13.1. The topological polar surface area (TPSA) is 41.6 Å². The van der Waals surface area contributed by atoms with Gasteiger partial charge in [-0.05, 0) is 44.0 Å². The Kier molecular flexibility index (Phi) is 5.26. The molecule has 0 aromatic heterocycles. The van der Waals surface area contributed by atoms with E-state index < -0.39 is 0 Å². The number of para-hydroxylation sites is 2. The third kappa shape index (κ3) is 3.25. The van der Waals surface area contributed by atoms with Gasteiger partial charge in [-0.2, -0.15) is 0 Å². The van der Waals surface area contributed by atoms with Gasteiger partial charge in [-0.3, -0.25) is 4.79 Å². The van der Waals surface area contributed by atoms with Crippen molar-refractivity contribution >= 4 is 24.0 Å². The molecule has 2 aliphatic heterocycles. The van der Waals surface area contributed by atoms with E-state index in [4.69, 9.17) is 4.74 Å². The van der Waals surface area contributed by atoms with Gasteiger partial charge in [0.05, 0.1) is 12.2 Å². The number of carbonyl (C=O) groups is 1. The highest BCUT2D eigenvalue weighted by atomic mass is 35.5. The minimum Gasteiger partial charge on any atom is -0.490 e. The van der Waals surface area contributed by atoms with Crippen molar-refractivity contribution in [3.63, 3.8) is 0 Å². The fourth-order valence-electron chi connectivity index (χ4n) is 2.87. The molecule has 110 valence electrons. The Morgan fingerprint density at radius 3 is 2.85 bits per heavy atom. The van der Waals surface area contributed by atoms with Gasteiger partial charge in [-0.25, -0.2) is 0 Å². The maximum atomic E-state index is 12.5. The standard InChI is InChI=1S/C15H20N2O2.ClH/c18-15(11-12-5-7-16-8-6-12)17-9-10-19-14-4-2-1-3-13(14)17;/h1-4,12,16H,5-11H2;1H. The normalized spacial score (nSPS) is 18.7. The predicted octanol–water partition coefficient (Wildman–Crippen LogP) is 2.22. The fourth-order valence-corrected chi connectivity index (χ4v) is 2.87. The summed E-state index contributed by atoms with van der Waals surface area (Å²) in [5.74, 6) is 1.60. The highest BCUT2D eigenvalue weighted by Gasteiger charge is 2.26. The fraction of sp³-hybridized carbons (Fsp3) is 0.533. The molecular formula is C15H21ClN2O2. The number of nitrogens with zero attached hydrogens (tertiary/aromatic N) is 1. The molecule has 1 N–H and O–H groups in total. The van der Waals surface area contributed by atoms with E-state index in [0.717, 1.165) is 37.4 Å². The first-order chi connectivity index (χ1) is 9.34. The van der Waals surface area contributed by atoms with E-state index in [1.807, 2.05) is 29.2 Å². The summed E-state index contributed by atoms with van der Waals surface area (Å²) in [4.78, 5) is 14.4. The Labute approximate surface area is 125 Å². The third-order valence-electron chi connectivity index (χ3n) is 3.95. The summed E-state index contributed by atoms with van der Waals surface area (Å²) in [6, 6.07) is 7.80. The van der Waals surface area contributed by atoms with Gasteiger partial charge >= 0.3 is 0 Å². The van der Waals surface area contributed by atoms with Gasteiger partial charge in [-0.15, -0.1) is 12.4 Å². The molecule has 0 atom stereocenters. The molecule has 1 aromatic carbocycles. The average molecular weight is 297 g/mol. The second-order valence-electron chi connectivity index (χ2n) is 5.26. The molecule has 1 aromatic rings. The van der Waals surface area contributed by atoms with Crippen LogP contribution in [0.4, 0.5) is 5.69 Å². The Bertz CT molecular complexity index is 461. The number of anilines is 1. The van der Waals surface area contributed by atoms with Crippen LogP contribution in [0.25, 0.3) is 0 Å². The van der Waals surface area contributed by atoms with Gasteiger partial charge in [0.15, 0.2) is 0 Å². The number of carbonyl (C=O) groups excluding carboxylic acids is 1. The monoisotopic (exact) mass is 296 g/mol. The molecule has 4 nitrogen and oxygen atoms in total. The van der Waals surface area contributed by atoms with Crippen molar-refractivity contribution in [2.24, 2.45) is 5.92 Å². The smallest absolute Gasteiger partial charge is 0.227 e. The largest absolute Gasteiger partial charge is 0.490 e. The number of ether oxygens (including phenoxy) is 1. The second-order valence-corrected chi connectivity index (χ2v) is 5.26. The maximum absolute atomic E-state index is 12.5. The predicted molar refractivity (Wildman–Crippen MR) is 81.7 cm³/mol. The molecule has 0 bridgehead atoms. The number of fused-ring (bicyclic) bond motifs is 1. The van der Waals surface area contributed by atoms with Gasteiger partial charge in [-0.1, -0.05) is 12.1 Å². The lowest BCUT2D eigenvalue weighted by Gasteiger charge is -2.31. The van der Waals surface area contributed by atoms with Crippen LogP contribution in [0.3, 0.4) is 0 Å². The van der Waals surface area contributed by atoms with Crippen LogP contribution in [-0.4, -0.2) is 32.1 Å². The Morgan fingerprint density at radius 1 is 1.30 bits per heavy atom. The molecule has 1 amide bonds. The zero-order valence-electron chi connectivity index (χ0n) is 11.5. The molecule has 2 aliphatic rings. The highest BCUT2D eigenvalue weighted by Crippen LogP contribution is 2.32. The van der Waals surface area contributed by atoms with Crippen LogP contribution in [0, 0.1) is 5.92 Å². The lowest BCUT2D eigenvalue weighted by molar-refractivity contribution is -0.119. The quantitative estimate of drug-likeness (QED) is 0.910. The third-order valence-corrected chi connectivity index (χ3v) is 3.95. The lowest BCUT2D eigenvalue weighted by Crippen LogP contribution is -2.40. The van der Waals surface area contributed by atoms with Gasteiger partial charge in [0.25, 0.3) is 0 Å². The van der Waals surface area contributed by atoms with E-state index in [1.54, 1.807) is 0 Å². The van der Waals surface area contributed by atoms with Gasteiger partial charge < -0.3 is 15.0 Å². The molecule has 5 heteroatoms. The number of amides is 1. The summed E-state index contributed by atoms with van der Waals surface area (Å²) in [5, 5.41) is 3.34. The number of hydrogen-bond acceptors (Lipinski definition) is 3. The first-order valence-electron chi connectivity index (χ1n) is 7.07. The summed E-state index contributed by atoms with van der Waals surface area (Å²) in [5.41, 5.74) is 0.924.